The smallest absolute Gasteiger partial charge is 0.0505 e. The lowest BCUT2D eigenvalue weighted by Crippen LogP contribution is -1.92. The second-order valence-electron chi connectivity index (χ2n) is 11.1. The van der Waals surface area contributed by atoms with Crippen molar-refractivity contribution in [2.75, 3.05) is 0 Å². The topological polar surface area (TPSA) is 0 Å². The lowest BCUT2D eigenvalue weighted by Gasteiger charge is -2.13. The summed E-state index contributed by atoms with van der Waals surface area (Å²) in [4.78, 5) is 0. The van der Waals surface area contributed by atoms with E-state index in [1.807, 2.05) is 0 Å². The van der Waals surface area contributed by atoms with Crippen LogP contribution < -0.4 is 0 Å². The molecule has 0 N–H and O–H groups in total. The molecule has 0 aliphatic heterocycles. The normalized spacial score (nSPS) is 11.4. The van der Waals surface area contributed by atoms with E-state index in [1.54, 1.807) is 0 Å². The maximum Gasteiger partial charge on any atom is 0.0675 e. The van der Waals surface area contributed by atoms with Crippen molar-refractivity contribution in [3.8, 4) is 33.4 Å². The molecule has 0 nitrogen and oxygen atoms in total. The van der Waals surface area contributed by atoms with E-state index in [-0.39, 0.29) is 0 Å². The second kappa shape index (κ2) is 11.2. The molecule has 8 aromatic carbocycles. The van der Waals surface area contributed by atoms with Crippen LogP contribution in [-0.4, -0.2) is 0 Å². The molecule has 0 atom stereocenters. The van der Waals surface area contributed by atoms with Gasteiger partial charge in [0, 0.05) is 30.5 Å². The third-order valence-corrected chi connectivity index (χ3v) is 9.58. The molecule has 8 aromatic rings. The Balaban J connectivity index is 1.55. The van der Waals surface area contributed by atoms with Crippen molar-refractivity contribution < 1.29 is 0 Å². The van der Waals surface area contributed by atoms with E-state index in [1.165, 1.54) is 76.5 Å². The van der Waals surface area contributed by atoms with Gasteiger partial charge in [-0.3, -0.25) is 0 Å². The molecular weight excluding hydrogens is 664 g/mol. The van der Waals surface area contributed by atoms with Gasteiger partial charge in [-0.05, 0) is 165 Å². The van der Waals surface area contributed by atoms with E-state index in [9.17, 15) is 0 Å². The van der Waals surface area contributed by atoms with Gasteiger partial charge in [-0.2, -0.15) is 0 Å². The van der Waals surface area contributed by atoms with Gasteiger partial charge < -0.3 is 0 Å². The summed E-state index contributed by atoms with van der Waals surface area (Å²) >= 11 is 7.70. The van der Waals surface area contributed by atoms with Crippen LogP contribution in [0.4, 0.5) is 0 Å². The summed E-state index contributed by atoms with van der Waals surface area (Å²) in [6, 6.07) is 57.3. The molecule has 0 spiro atoms. The first kappa shape index (κ1) is 27.1. The van der Waals surface area contributed by atoms with E-state index in [0.29, 0.717) is 0 Å². The molecule has 0 heterocycles. The molecule has 2 heteroatoms. The summed E-state index contributed by atoms with van der Waals surface area (Å²) in [5.74, 6) is 0. The molecule has 0 saturated heterocycles. The first-order chi connectivity index (χ1) is 21.7. The maximum atomic E-state index is 3.85. The summed E-state index contributed by atoms with van der Waals surface area (Å²) in [5, 5.41) is 9.80. The SMILES string of the molecule is Brc1ccc(-[c+]2c3ccccc3ccc3ccccc32)c(-c2cc(Br)ccc2-[c+]2c3ccccc3ccc3ccccc32)c1. The van der Waals surface area contributed by atoms with Crippen LogP contribution in [0.1, 0.15) is 0 Å². The Bertz CT molecular complexity index is 2130. The van der Waals surface area contributed by atoms with Gasteiger partial charge in [0.25, 0.3) is 0 Å². The van der Waals surface area contributed by atoms with Crippen LogP contribution in [-0.2, 0) is 0 Å². The average molecular weight is 690 g/mol. The Hall–Kier alpha value is -4.50. The van der Waals surface area contributed by atoms with E-state index in [0.717, 1.165) is 8.95 Å². The number of rotatable bonds is 3. The van der Waals surface area contributed by atoms with Gasteiger partial charge >= 0.3 is 0 Å². The summed E-state index contributed by atoms with van der Waals surface area (Å²) < 4.78 is 2.09. The van der Waals surface area contributed by atoms with Crippen LogP contribution in [0.2, 0.25) is 0 Å². The fraction of sp³-hybridized carbons (Fsp3) is 0. The molecule has 0 aliphatic rings. The molecule has 8 rings (SSSR count). The van der Waals surface area contributed by atoms with Gasteiger partial charge in [0.2, 0.25) is 0 Å². The van der Waals surface area contributed by atoms with Gasteiger partial charge in [-0.25, -0.2) is 0 Å². The van der Waals surface area contributed by atoms with Crippen LogP contribution >= 0.6 is 31.9 Å². The molecule has 0 aromatic heterocycles. The molecule has 206 valence electrons. The first-order valence-corrected chi connectivity index (χ1v) is 16.3. The van der Waals surface area contributed by atoms with E-state index < -0.39 is 0 Å². The van der Waals surface area contributed by atoms with Crippen molar-refractivity contribution in [2.45, 2.75) is 0 Å². The fourth-order valence-electron chi connectivity index (χ4n) is 6.62. The second-order valence-corrected chi connectivity index (χ2v) is 13.0. The van der Waals surface area contributed by atoms with Crippen LogP contribution in [0, 0.1) is 0 Å². The molecular formula is C42H26Br2+2. The molecule has 0 radical (unpaired) electrons. The Labute approximate surface area is 273 Å². The zero-order valence-corrected chi connectivity index (χ0v) is 26.9. The van der Waals surface area contributed by atoms with Crippen LogP contribution in [0.3, 0.4) is 0 Å². The summed E-state index contributed by atoms with van der Waals surface area (Å²) in [6.07, 6.45) is 0. The number of hydrogen-bond donors (Lipinski definition) is 0. The van der Waals surface area contributed by atoms with Crippen molar-refractivity contribution in [1.82, 2.24) is 0 Å². The van der Waals surface area contributed by atoms with Crippen molar-refractivity contribution in [3.63, 3.8) is 0 Å². The van der Waals surface area contributed by atoms with E-state index >= 15 is 0 Å². The molecule has 0 fully saturated rings. The van der Waals surface area contributed by atoms with Crippen LogP contribution in [0.15, 0.2) is 167 Å². The monoisotopic (exact) mass is 688 g/mol. The number of halogens is 2. The average Bonchev–Trinajstić information content (AvgIpc) is 3.33. The van der Waals surface area contributed by atoms with Gasteiger partial charge in [0.15, 0.2) is 0 Å². The van der Waals surface area contributed by atoms with E-state index in [2.05, 4.69) is 190 Å². The number of benzene rings is 6. The van der Waals surface area contributed by atoms with Crippen molar-refractivity contribution in [2.24, 2.45) is 0 Å². The van der Waals surface area contributed by atoms with Gasteiger partial charge in [0.1, 0.15) is 0 Å². The lowest BCUT2D eigenvalue weighted by molar-refractivity contribution is 1.56. The molecule has 0 aliphatic carbocycles. The zero-order valence-electron chi connectivity index (χ0n) is 23.8. The molecule has 0 bridgehead atoms. The van der Waals surface area contributed by atoms with Crippen LogP contribution in [0.25, 0.3) is 76.5 Å². The Kier molecular flexibility index (Phi) is 6.90. The Morgan fingerprint density at radius 1 is 0.318 bits per heavy atom. The molecule has 44 heavy (non-hydrogen) atoms. The summed E-state index contributed by atoms with van der Waals surface area (Å²) in [5.41, 5.74) is 7.23. The fourth-order valence-corrected chi connectivity index (χ4v) is 7.35. The maximum absolute atomic E-state index is 3.85. The lowest BCUT2D eigenvalue weighted by atomic mass is 9.86. The minimum absolute atomic E-state index is 1.05. The minimum Gasteiger partial charge on any atom is -0.0505 e. The van der Waals surface area contributed by atoms with Crippen molar-refractivity contribution in [3.05, 3.63) is 167 Å². The standard InChI is InChI=1S/C42H26Br2/c43-31-21-23-37(41-33-13-5-1-9-27(33)17-18-28-10-2-6-14-34(28)41)39(25-31)40-26-32(44)22-24-38(40)42-35-15-7-3-11-29(35)19-20-30-12-4-8-16-36(30)42/h1-26H/q+2. The predicted octanol–water partition coefficient (Wildman–Crippen LogP) is 13.4. The highest BCUT2D eigenvalue weighted by atomic mass is 79.9. The first-order valence-electron chi connectivity index (χ1n) is 14.7. The highest BCUT2D eigenvalue weighted by Gasteiger charge is 2.25. The highest BCUT2D eigenvalue weighted by Crippen LogP contribution is 2.46. The highest BCUT2D eigenvalue weighted by molar-refractivity contribution is 9.10. The predicted molar refractivity (Wildman–Crippen MR) is 197 cm³/mol. The molecule has 0 amide bonds. The van der Waals surface area contributed by atoms with Crippen LogP contribution in [0.5, 0.6) is 0 Å². The number of hydrogen-bond acceptors (Lipinski definition) is 0. The molecule has 0 saturated carbocycles. The van der Waals surface area contributed by atoms with Gasteiger partial charge in [-0.1, -0.05) is 24.3 Å². The van der Waals surface area contributed by atoms with E-state index in [4.69, 9.17) is 0 Å². The minimum atomic E-state index is 1.05. The quantitative estimate of drug-likeness (QED) is 0.162. The summed E-state index contributed by atoms with van der Waals surface area (Å²) in [6.45, 7) is 0. The van der Waals surface area contributed by atoms with Gasteiger partial charge in [-0.15, -0.1) is 0 Å². The third-order valence-electron chi connectivity index (χ3n) is 8.60. The largest absolute Gasteiger partial charge is 0.0675 e. The summed E-state index contributed by atoms with van der Waals surface area (Å²) in [7, 11) is 0. The Morgan fingerprint density at radius 2 is 0.614 bits per heavy atom. The number of fused-ring (bicyclic) bond motifs is 4. The van der Waals surface area contributed by atoms with Crippen molar-refractivity contribution >= 4 is 74.9 Å². The Morgan fingerprint density at radius 3 is 0.932 bits per heavy atom. The zero-order chi connectivity index (χ0) is 29.6. The third kappa shape index (κ3) is 4.66. The van der Waals surface area contributed by atoms with Crippen molar-refractivity contribution in [1.29, 1.82) is 0 Å². The molecule has 0 unspecified atom stereocenters. The van der Waals surface area contributed by atoms with Gasteiger partial charge in [0.05, 0.1) is 54.9 Å².